The maximum Gasteiger partial charge on any atom is 0.348 e. The minimum atomic E-state index is -0.578. The molecule has 0 bridgehead atoms. The highest BCUT2D eigenvalue weighted by atomic mass is 32.1. The molecule has 182 valence electrons. The molecule has 0 fully saturated rings. The van der Waals surface area contributed by atoms with Crippen molar-refractivity contribution >= 4 is 34.9 Å². The quantitative estimate of drug-likeness (QED) is 0.128. The van der Waals surface area contributed by atoms with Crippen LogP contribution in [-0.4, -0.2) is 30.4 Å². The lowest BCUT2D eigenvalue weighted by atomic mass is 10.0. The van der Waals surface area contributed by atoms with Crippen LogP contribution in [0.15, 0.2) is 40.3 Å². The van der Waals surface area contributed by atoms with E-state index in [2.05, 4.69) is 0 Å². The van der Waals surface area contributed by atoms with Gasteiger partial charge < -0.3 is 13.9 Å². The van der Waals surface area contributed by atoms with Crippen molar-refractivity contribution in [1.82, 2.24) is 0 Å². The number of carbonyl (C=O) groups excluding carboxylic acids is 2. The van der Waals surface area contributed by atoms with Crippen molar-refractivity contribution in [3.05, 3.63) is 72.7 Å². The fourth-order valence-electron chi connectivity index (χ4n) is 3.37. The number of ether oxygens (including phenoxy) is 2. The molecule has 0 saturated heterocycles. The van der Waals surface area contributed by atoms with Crippen molar-refractivity contribution in [2.45, 2.75) is 20.3 Å². The highest BCUT2D eigenvalue weighted by Crippen LogP contribution is 2.35. The molecule has 0 spiro atoms. The van der Waals surface area contributed by atoms with Crippen LogP contribution in [0.5, 0.6) is 5.75 Å². The van der Waals surface area contributed by atoms with Crippen molar-refractivity contribution < 1.29 is 28.4 Å². The molecule has 0 aliphatic carbocycles. The van der Waals surface area contributed by atoms with Crippen molar-refractivity contribution in [1.29, 1.82) is 10.5 Å². The lowest BCUT2D eigenvalue weighted by Gasteiger charge is -2.05. The first-order valence-electron chi connectivity index (χ1n) is 10.5. The number of nitro benzene ring substituents is 1. The van der Waals surface area contributed by atoms with Crippen LogP contribution < -0.4 is 4.74 Å². The number of hydrogen-bond acceptors (Lipinski definition) is 10. The molecule has 3 rings (SSSR count). The third-order valence-corrected chi connectivity index (χ3v) is 6.38. The van der Waals surface area contributed by atoms with E-state index in [4.69, 9.17) is 13.9 Å². The topological polar surface area (TPSA) is 156 Å². The third kappa shape index (κ3) is 5.32. The summed E-state index contributed by atoms with van der Waals surface area (Å²) in [7, 11) is 1.41. The van der Waals surface area contributed by atoms with E-state index in [0.717, 1.165) is 11.3 Å². The number of hydrogen-bond donors (Lipinski definition) is 0. The van der Waals surface area contributed by atoms with E-state index < -0.39 is 16.7 Å². The van der Waals surface area contributed by atoms with Crippen LogP contribution in [0.2, 0.25) is 0 Å². The minimum absolute atomic E-state index is 0.158. The van der Waals surface area contributed by atoms with Crippen molar-refractivity contribution in [2.24, 2.45) is 0 Å². The Morgan fingerprint density at radius 2 is 2.00 bits per heavy atom. The van der Waals surface area contributed by atoms with Gasteiger partial charge in [0.05, 0.1) is 35.3 Å². The number of furan rings is 1. The van der Waals surface area contributed by atoms with Crippen molar-refractivity contribution in [2.75, 3.05) is 13.7 Å². The van der Waals surface area contributed by atoms with E-state index >= 15 is 0 Å². The van der Waals surface area contributed by atoms with Crippen LogP contribution in [0, 0.1) is 39.7 Å². The van der Waals surface area contributed by atoms with Crippen LogP contribution in [-0.2, 0) is 16.0 Å². The Balaban J connectivity index is 1.90. The molecular weight excluding hydrogens is 486 g/mol. The molecule has 2 aromatic heterocycles. The van der Waals surface area contributed by atoms with Crippen LogP contribution in [0.4, 0.5) is 5.69 Å². The lowest BCUT2D eigenvalue weighted by Crippen LogP contribution is -2.05. The molecule has 11 heteroatoms. The summed E-state index contributed by atoms with van der Waals surface area (Å²) in [5, 5.41) is 30.2. The predicted molar refractivity (Wildman–Crippen MR) is 129 cm³/mol. The van der Waals surface area contributed by atoms with Gasteiger partial charge in [0.25, 0.3) is 5.69 Å². The zero-order valence-electron chi connectivity index (χ0n) is 19.5. The summed E-state index contributed by atoms with van der Waals surface area (Å²) in [4.78, 5) is 36.2. The molecule has 0 radical (unpaired) electrons. The van der Waals surface area contributed by atoms with E-state index in [-0.39, 0.29) is 46.2 Å². The molecule has 1 aromatic carbocycles. The number of benzene rings is 1. The van der Waals surface area contributed by atoms with Gasteiger partial charge in [0, 0.05) is 29.5 Å². The van der Waals surface area contributed by atoms with E-state index in [1.165, 1.54) is 43.5 Å². The second-order valence-electron chi connectivity index (χ2n) is 7.30. The summed E-state index contributed by atoms with van der Waals surface area (Å²) in [6.07, 6.45) is 0.980. The Kier molecular flexibility index (Phi) is 8.00. The zero-order chi connectivity index (χ0) is 26.4. The standard InChI is InChI=1S/C25H19N3O7S/c1-4-34-25(30)24-14(2)19(13-27)23(36-24)11-20(29)15(12-26)9-17-6-8-22(35-17)18-10-16(28(31)32)5-7-21(18)33-3/h5-10H,4,11H2,1-3H3/b15-9+. The van der Waals surface area contributed by atoms with Gasteiger partial charge in [-0.2, -0.15) is 10.5 Å². The van der Waals surface area contributed by atoms with E-state index in [0.29, 0.717) is 21.8 Å². The third-order valence-electron chi connectivity index (χ3n) is 5.11. The fourth-order valence-corrected chi connectivity index (χ4v) is 4.52. The average molecular weight is 506 g/mol. The smallest absolute Gasteiger partial charge is 0.348 e. The Bertz CT molecular complexity index is 1470. The number of Topliss-reactive ketones (excluding diaryl/α,β-unsaturated/α-hetero) is 1. The molecule has 0 unspecified atom stereocenters. The number of non-ortho nitro benzene ring substituents is 1. The van der Waals surface area contributed by atoms with Gasteiger partial charge >= 0.3 is 5.97 Å². The molecule has 0 saturated carbocycles. The molecule has 0 amide bonds. The van der Waals surface area contributed by atoms with Gasteiger partial charge in [0.1, 0.15) is 34.3 Å². The van der Waals surface area contributed by atoms with Gasteiger partial charge in [-0.05, 0) is 37.6 Å². The van der Waals surface area contributed by atoms with Gasteiger partial charge in [-0.15, -0.1) is 11.3 Å². The molecule has 0 aliphatic rings. The number of thiophene rings is 1. The van der Waals surface area contributed by atoms with Gasteiger partial charge in [-0.1, -0.05) is 0 Å². The molecule has 2 heterocycles. The number of allylic oxidation sites excluding steroid dienone is 1. The second-order valence-corrected chi connectivity index (χ2v) is 8.41. The number of nitriles is 2. The summed E-state index contributed by atoms with van der Waals surface area (Å²) < 4.78 is 16.0. The molecule has 3 aromatic rings. The Labute approximate surface area is 209 Å². The molecule has 0 aliphatic heterocycles. The lowest BCUT2D eigenvalue weighted by molar-refractivity contribution is -0.384. The number of nitro groups is 1. The maximum absolute atomic E-state index is 12.9. The average Bonchev–Trinajstić information content (AvgIpc) is 3.45. The first kappa shape index (κ1) is 25.9. The minimum Gasteiger partial charge on any atom is -0.496 e. The number of nitrogens with zero attached hydrogens (tertiary/aromatic N) is 3. The van der Waals surface area contributed by atoms with Gasteiger partial charge in [0.15, 0.2) is 5.78 Å². The number of methoxy groups -OCH3 is 1. The monoisotopic (exact) mass is 505 g/mol. The van der Waals surface area contributed by atoms with E-state index in [1.807, 2.05) is 12.1 Å². The summed E-state index contributed by atoms with van der Waals surface area (Å²) in [5.41, 5.74) is 0.568. The van der Waals surface area contributed by atoms with E-state index in [9.17, 15) is 30.2 Å². The Morgan fingerprint density at radius 3 is 2.61 bits per heavy atom. The van der Waals surface area contributed by atoms with Crippen LogP contribution in [0.1, 0.15) is 38.4 Å². The number of esters is 1. The largest absolute Gasteiger partial charge is 0.496 e. The first-order chi connectivity index (χ1) is 17.2. The Morgan fingerprint density at radius 1 is 1.25 bits per heavy atom. The normalized spacial score (nSPS) is 10.9. The summed E-state index contributed by atoms with van der Waals surface area (Å²) in [6.45, 7) is 3.43. The fraction of sp³-hybridized carbons (Fsp3) is 0.200. The van der Waals surface area contributed by atoms with Crippen LogP contribution in [0.3, 0.4) is 0 Å². The van der Waals surface area contributed by atoms with Gasteiger partial charge in [-0.25, -0.2) is 4.79 Å². The maximum atomic E-state index is 12.9. The van der Waals surface area contributed by atoms with Crippen LogP contribution >= 0.6 is 11.3 Å². The highest BCUT2D eigenvalue weighted by Gasteiger charge is 2.24. The van der Waals surface area contributed by atoms with E-state index in [1.54, 1.807) is 13.8 Å². The van der Waals surface area contributed by atoms with Crippen molar-refractivity contribution in [3.8, 4) is 29.2 Å². The molecular formula is C25H19N3O7S. The molecule has 36 heavy (non-hydrogen) atoms. The second kappa shape index (κ2) is 11.1. The highest BCUT2D eigenvalue weighted by molar-refractivity contribution is 7.14. The SMILES string of the molecule is CCOC(=O)c1sc(CC(=O)/C(C#N)=C/c2ccc(-c3cc([N+](=O)[O-])ccc3OC)o2)c(C#N)c1C. The number of ketones is 1. The summed E-state index contributed by atoms with van der Waals surface area (Å²) in [5.74, 6) is -0.399. The number of rotatable bonds is 9. The Hall–Kier alpha value is -4.74. The predicted octanol–water partition coefficient (Wildman–Crippen LogP) is 5.00. The molecule has 0 N–H and O–H groups in total. The van der Waals surface area contributed by atoms with Crippen LogP contribution in [0.25, 0.3) is 17.4 Å². The molecule has 0 atom stereocenters. The van der Waals surface area contributed by atoms with Crippen molar-refractivity contribution in [3.63, 3.8) is 0 Å². The molecule has 10 nitrogen and oxygen atoms in total. The van der Waals surface area contributed by atoms with Gasteiger partial charge in [-0.3, -0.25) is 14.9 Å². The zero-order valence-corrected chi connectivity index (χ0v) is 20.3. The summed E-state index contributed by atoms with van der Waals surface area (Å²) >= 11 is 0.984. The summed E-state index contributed by atoms with van der Waals surface area (Å²) in [6, 6.07) is 10.9. The van der Waals surface area contributed by atoms with Gasteiger partial charge in [0.2, 0.25) is 0 Å². The number of carbonyl (C=O) groups is 2. The first-order valence-corrected chi connectivity index (χ1v) is 11.3.